The van der Waals surface area contributed by atoms with Gasteiger partial charge < -0.3 is 3.87 Å². The van der Waals surface area contributed by atoms with Crippen LogP contribution in [0.3, 0.4) is 0 Å². The summed E-state index contributed by atoms with van der Waals surface area (Å²) in [4.78, 5) is 0. The first kappa shape index (κ1) is 4.14. The molecule has 0 bridgehead atoms. The van der Waals surface area contributed by atoms with Crippen LogP contribution in [-0.4, -0.2) is 15.0 Å². The van der Waals surface area contributed by atoms with Gasteiger partial charge in [0, 0.05) is 5.41 Å². The fraction of sp³-hybridized carbons (Fsp3) is 0. The molecule has 1 nitrogen and oxygen atoms in total. The third-order valence-corrected chi connectivity index (χ3v) is 1.76. The van der Waals surface area contributed by atoms with Crippen molar-refractivity contribution in [2.45, 2.75) is 0 Å². The monoisotopic (exact) mass is 115 g/mol. The fourth-order valence-corrected chi connectivity index (χ4v) is 1.32. The van der Waals surface area contributed by atoms with E-state index < -0.39 is 0 Å². The average molecular weight is 115 g/mol. The Kier molecular flexibility index (Phi) is 1.52. The third-order valence-electron chi connectivity index (χ3n) is 0.395. The third kappa shape index (κ3) is 0.987. The zero-order valence-corrected chi connectivity index (χ0v) is 4.87. The Labute approximate surface area is 43.2 Å². The lowest BCUT2D eigenvalue weighted by molar-refractivity contribution is 0.726. The van der Waals surface area contributed by atoms with Crippen LogP contribution in [0.15, 0.2) is 11.5 Å². The lowest BCUT2D eigenvalue weighted by atomic mass is 10.8. The average Bonchev–Trinajstić information content (AvgIpc) is 1.72. The largest absolute Gasteiger partial charge is 0.481 e. The molecule has 0 saturated carbocycles. The van der Waals surface area contributed by atoms with Crippen LogP contribution in [0.4, 0.5) is 0 Å². The van der Waals surface area contributed by atoms with E-state index in [2.05, 4.69) is 0 Å². The highest BCUT2D eigenvalue weighted by Crippen LogP contribution is 2.01. The number of hydrogen-bond acceptors (Lipinski definition) is 2. The van der Waals surface area contributed by atoms with Crippen LogP contribution >= 0.6 is 12.0 Å². The van der Waals surface area contributed by atoms with Crippen molar-refractivity contribution < 1.29 is 3.87 Å². The van der Waals surface area contributed by atoms with E-state index in [1.807, 2.05) is 17.2 Å². The van der Waals surface area contributed by atoms with Crippen LogP contribution in [0.5, 0.6) is 0 Å². The van der Waals surface area contributed by atoms with Crippen molar-refractivity contribution in [2.24, 2.45) is 0 Å². The van der Waals surface area contributed by atoms with Crippen molar-refractivity contribution in [3.63, 3.8) is 0 Å². The quantitative estimate of drug-likeness (QED) is 0.338. The maximum Gasteiger partial charge on any atom is 0.303 e. The van der Waals surface area contributed by atoms with Gasteiger partial charge in [-0.2, -0.15) is 0 Å². The topological polar surface area (TPSA) is 9.23 Å². The minimum Gasteiger partial charge on any atom is -0.481 e. The van der Waals surface area contributed by atoms with Gasteiger partial charge in [-0.05, 0) is 5.67 Å². The Balaban J connectivity index is 2.46. The molecule has 0 aromatic rings. The van der Waals surface area contributed by atoms with E-state index in [0.717, 1.165) is 0 Å². The highest BCUT2D eigenvalue weighted by Gasteiger charge is 1.79. The van der Waals surface area contributed by atoms with Gasteiger partial charge in [0.25, 0.3) is 0 Å². The summed E-state index contributed by atoms with van der Waals surface area (Å²) in [6.07, 6.45) is 1.99. The van der Waals surface area contributed by atoms with E-state index >= 15 is 0 Å². The minimum absolute atomic E-state index is 0.553. The molecule has 0 spiro atoms. The maximum atomic E-state index is 4.87. The van der Waals surface area contributed by atoms with Crippen LogP contribution in [-0.2, 0) is 3.87 Å². The summed E-state index contributed by atoms with van der Waals surface area (Å²) in [6, 6.07) is 0. The van der Waals surface area contributed by atoms with Gasteiger partial charge in [-0.15, -0.1) is 0 Å². The molecule has 0 aliphatic carbocycles. The van der Waals surface area contributed by atoms with Gasteiger partial charge in [0.1, 0.15) is 0 Å². The van der Waals surface area contributed by atoms with Crippen molar-refractivity contribution >= 4 is 27.1 Å². The highest BCUT2D eigenvalue weighted by atomic mass is 32.2. The molecular formula is C3H3OSSi. The second-order valence-electron chi connectivity index (χ2n) is 0.793. The molecule has 31 valence electrons. The van der Waals surface area contributed by atoms with E-state index in [-0.39, 0.29) is 0 Å². The molecule has 0 saturated heterocycles. The molecule has 0 atom stereocenters. The Morgan fingerprint density at radius 2 is 2.67 bits per heavy atom. The second kappa shape index (κ2) is 2.20. The van der Waals surface area contributed by atoms with Crippen molar-refractivity contribution in [2.75, 3.05) is 0 Å². The van der Waals surface area contributed by atoms with Crippen LogP contribution in [0.25, 0.3) is 0 Å². The van der Waals surface area contributed by atoms with Crippen LogP contribution < -0.4 is 0 Å². The molecule has 1 radical (unpaired) electrons. The van der Waals surface area contributed by atoms with Crippen molar-refractivity contribution in [3.05, 3.63) is 11.5 Å². The minimum atomic E-state index is 0.553. The molecule has 0 aromatic carbocycles. The van der Waals surface area contributed by atoms with E-state index in [1.165, 1.54) is 12.0 Å². The van der Waals surface area contributed by atoms with E-state index in [4.69, 9.17) is 3.87 Å². The Morgan fingerprint density at radius 1 is 1.67 bits per heavy atom. The number of hydrogen-bond donors (Lipinski definition) is 0. The molecular weight excluding hydrogens is 112 g/mol. The summed E-state index contributed by atoms with van der Waals surface area (Å²) in [5.41, 5.74) is 2.00. The summed E-state index contributed by atoms with van der Waals surface area (Å²) >= 11 is 1.40. The first-order valence-electron chi connectivity index (χ1n) is 1.56. The number of rotatable bonds is 0. The predicted molar refractivity (Wildman–Crippen MR) is 29.6 cm³/mol. The maximum absolute atomic E-state index is 4.87. The molecule has 0 amide bonds. The standard InChI is InChI=1S/C3H3OSSi/c1-2-5-4-6-3-1/h1-3H. The molecule has 1 heterocycles. The van der Waals surface area contributed by atoms with Gasteiger partial charge in [0.05, 0.1) is 12.0 Å². The smallest absolute Gasteiger partial charge is 0.303 e. The fourth-order valence-electron chi connectivity index (χ4n) is 0.194. The zero-order valence-electron chi connectivity index (χ0n) is 3.05. The van der Waals surface area contributed by atoms with E-state index in [0.29, 0.717) is 9.38 Å². The van der Waals surface area contributed by atoms with Crippen LogP contribution in [0.2, 0.25) is 0 Å². The molecule has 0 fully saturated rings. The van der Waals surface area contributed by atoms with Crippen molar-refractivity contribution in [1.29, 1.82) is 0 Å². The molecule has 1 aliphatic rings. The molecule has 3 heteroatoms. The molecule has 6 heavy (non-hydrogen) atoms. The van der Waals surface area contributed by atoms with Crippen molar-refractivity contribution in [3.8, 4) is 0 Å². The summed E-state index contributed by atoms with van der Waals surface area (Å²) in [7, 11) is 0.553. The first-order chi connectivity index (χ1) is 3.00. The van der Waals surface area contributed by atoms with Gasteiger partial charge >= 0.3 is 9.38 Å². The van der Waals surface area contributed by atoms with Gasteiger partial charge in [0.2, 0.25) is 0 Å². The molecule has 0 aromatic heterocycles. The molecule has 0 N–H and O–H groups in total. The van der Waals surface area contributed by atoms with Crippen LogP contribution in [0.1, 0.15) is 0 Å². The van der Waals surface area contributed by atoms with Crippen LogP contribution in [0, 0.1) is 0 Å². The number of allylic oxidation sites excluding steroid dienone is 1. The van der Waals surface area contributed by atoms with E-state index in [9.17, 15) is 0 Å². The predicted octanol–water partition coefficient (Wildman–Crippen LogP) is 0.600. The Hall–Kier alpha value is -0.0231. The second-order valence-corrected chi connectivity index (χ2v) is 2.49. The van der Waals surface area contributed by atoms with Gasteiger partial charge in [0.15, 0.2) is 0 Å². The molecule has 1 aliphatic heterocycles. The first-order valence-corrected chi connectivity index (χ1v) is 3.35. The SMILES string of the molecule is C1=CSO[Si]=C1. The van der Waals surface area contributed by atoms with Gasteiger partial charge in [-0.3, -0.25) is 0 Å². The van der Waals surface area contributed by atoms with Gasteiger partial charge in [-0.25, -0.2) is 0 Å². The summed E-state index contributed by atoms with van der Waals surface area (Å²) < 4.78 is 4.87. The summed E-state index contributed by atoms with van der Waals surface area (Å²) in [5, 5.41) is 1.91. The zero-order chi connectivity index (χ0) is 4.24. The molecule has 0 unspecified atom stereocenters. The Bertz CT molecular complexity index is 76.8. The highest BCUT2D eigenvalue weighted by molar-refractivity contribution is 7.98. The summed E-state index contributed by atoms with van der Waals surface area (Å²) in [6.45, 7) is 0. The summed E-state index contributed by atoms with van der Waals surface area (Å²) in [5.74, 6) is 0. The van der Waals surface area contributed by atoms with Crippen molar-refractivity contribution in [1.82, 2.24) is 0 Å². The molecule has 1 rings (SSSR count). The normalized spacial score (nSPS) is 17.3. The lowest BCUT2D eigenvalue weighted by Crippen LogP contribution is -1.84. The van der Waals surface area contributed by atoms with E-state index in [1.54, 1.807) is 0 Å². The van der Waals surface area contributed by atoms with Gasteiger partial charge in [-0.1, -0.05) is 6.08 Å². The Morgan fingerprint density at radius 3 is 2.83 bits per heavy atom. The lowest BCUT2D eigenvalue weighted by Gasteiger charge is -1.91.